The Morgan fingerprint density at radius 1 is 0.280 bits per heavy atom. The first kappa shape index (κ1) is 43.1. The summed E-state index contributed by atoms with van der Waals surface area (Å²) in [6.45, 7) is 0. The van der Waals surface area contributed by atoms with Gasteiger partial charge in [0.05, 0.1) is 17.1 Å². The molecule has 1 aliphatic heterocycles. The van der Waals surface area contributed by atoms with Gasteiger partial charge in [-0.25, -0.2) is 0 Å². The van der Waals surface area contributed by atoms with Crippen molar-refractivity contribution in [3.8, 4) is 33.4 Å². The molecule has 13 aromatic carbocycles. The first-order valence-corrected chi connectivity index (χ1v) is 26.6. The van der Waals surface area contributed by atoms with Crippen LogP contribution in [-0.2, 0) is 0 Å². The Labute approximate surface area is 439 Å². The van der Waals surface area contributed by atoms with Crippen LogP contribution in [0.5, 0.6) is 0 Å². The van der Waals surface area contributed by atoms with Gasteiger partial charge < -0.3 is 9.80 Å². The highest BCUT2D eigenvalue weighted by Gasteiger charge is 2.31. The van der Waals surface area contributed by atoms with Crippen molar-refractivity contribution >= 4 is 119 Å². The molecule has 3 heteroatoms. The van der Waals surface area contributed by atoms with Crippen LogP contribution < -0.4 is 9.80 Å². The smallest absolute Gasteiger partial charge is 0.0781 e. The third-order valence-corrected chi connectivity index (χ3v) is 16.5. The summed E-state index contributed by atoms with van der Waals surface area (Å²) in [5.74, 6) is 0. The van der Waals surface area contributed by atoms with Crippen LogP contribution in [0.4, 0.5) is 34.1 Å². The molecule has 1 aromatic heterocycles. The standard InChI is InChI=1S/C72H46N2S/c1-3-20-47(21-4-1)48-38-40-50(41-39-48)73(67-36-19-34-63-58-30-12-11-28-56(58)60-31-15-17-35-66(60)74(72(63)67)49-22-5-2-6-23-49)51-42-43-59-55-27-10-8-25-53(55)52-24-7-9-26-54(52)57-29-13-14-32-61(57)70-62(65(59)46-51)44-45-69-71(70)64-33-16-18-37-68(64)75-69/h1-46H. The molecule has 0 fully saturated rings. The topological polar surface area (TPSA) is 6.48 Å². The highest BCUT2D eigenvalue weighted by molar-refractivity contribution is 7.26. The second kappa shape index (κ2) is 17.6. The number of fused-ring (bicyclic) bond motifs is 19. The van der Waals surface area contributed by atoms with Gasteiger partial charge in [0.2, 0.25) is 0 Å². The van der Waals surface area contributed by atoms with Crippen LogP contribution in [0.25, 0.3) is 107 Å². The summed E-state index contributed by atoms with van der Waals surface area (Å²) < 4.78 is 2.57. The van der Waals surface area contributed by atoms with Crippen molar-refractivity contribution in [1.82, 2.24) is 0 Å². The van der Waals surface area contributed by atoms with E-state index in [0.29, 0.717) is 0 Å². The highest BCUT2D eigenvalue weighted by Crippen LogP contribution is 2.56. The second-order valence-electron chi connectivity index (χ2n) is 19.5. The van der Waals surface area contributed by atoms with Crippen molar-refractivity contribution in [1.29, 1.82) is 0 Å². The zero-order valence-electron chi connectivity index (χ0n) is 40.9. The molecule has 0 atom stereocenters. The Balaban J connectivity index is 1.12. The summed E-state index contributed by atoms with van der Waals surface area (Å²) in [5.41, 5.74) is 13.6. The van der Waals surface area contributed by atoms with Gasteiger partial charge in [-0.2, -0.15) is 0 Å². The van der Waals surface area contributed by atoms with Gasteiger partial charge in [-0.1, -0.05) is 218 Å². The molecule has 0 aliphatic carbocycles. The summed E-state index contributed by atoms with van der Waals surface area (Å²) in [4.78, 5) is 5.00. The Bertz CT molecular complexity index is 4650. The molecule has 0 unspecified atom stereocenters. The Kier molecular flexibility index (Phi) is 10.1. The van der Waals surface area contributed by atoms with E-state index in [2.05, 4.69) is 289 Å². The second-order valence-corrected chi connectivity index (χ2v) is 20.6. The minimum atomic E-state index is 1.05. The maximum atomic E-state index is 2.51. The number of hydrogen-bond acceptors (Lipinski definition) is 3. The number of benzene rings is 12. The minimum Gasteiger partial charge on any atom is -0.308 e. The molecule has 0 radical (unpaired) electrons. The Hall–Kier alpha value is -9.54. The maximum Gasteiger partial charge on any atom is 0.0781 e. The number of anilines is 6. The first-order valence-electron chi connectivity index (χ1n) is 25.7. The molecule has 75 heavy (non-hydrogen) atoms. The zero-order chi connectivity index (χ0) is 49.4. The molecule has 1 aliphatic rings. The molecule has 0 saturated heterocycles. The van der Waals surface area contributed by atoms with Crippen molar-refractivity contribution < 1.29 is 0 Å². The molecule has 14 aromatic rings. The molecular formula is C72H46N2S. The van der Waals surface area contributed by atoms with E-state index in [0.717, 1.165) is 39.7 Å². The van der Waals surface area contributed by atoms with Crippen molar-refractivity contribution in [2.75, 3.05) is 9.80 Å². The fraction of sp³-hybridized carbons (Fsp3) is 0. The molecule has 0 N–H and O–H groups in total. The van der Waals surface area contributed by atoms with E-state index in [9.17, 15) is 0 Å². The van der Waals surface area contributed by atoms with Gasteiger partial charge in [-0.05, 0) is 137 Å². The van der Waals surface area contributed by atoms with Crippen LogP contribution >= 0.6 is 11.3 Å². The number of rotatable bonds is 5. The van der Waals surface area contributed by atoms with Gasteiger partial charge in [-0.15, -0.1) is 11.3 Å². The number of para-hydroxylation sites is 3. The minimum absolute atomic E-state index is 1.05. The van der Waals surface area contributed by atoms with Crippen molar-refractivity contribution in [2.45, 2.75) is 0 Å². The Morgan fingerprint density at radius 2 is 0.760 bits per heavy atom. The zero-order valence-corrected chi connectivity index (χ0v) is 41.7. The molecule has 0 saturated carbocycles. The molecule has 0 spiro atoms. The lowest BCUT2D eigenvalue weighted by molar-refractivity contribution is 1.23. The van der Waals surface area contributed by atoms with Crippen molar-refractivity contribution in [3.05, 3.63) is 279 Å². The fourth-order valence-corrected chi connectivity index (χ4v) is 13.2. The van der Waals surface area contributed by atoms with Crippen LogP contribution in [-0.4, -0.2) is 0 Å². The van der Waals surface area contributed by atoms with Crippen molar-refractivity contribution in [2.24, 2.45) is 0 Å². The van der Waals surface area contributed by atoms with E-state index in [-0.39, 0.29) is 0 Å². The third kappa shape index (κ3) is 6.93. The van der Waals surface area contributed by atoms with E-state index < -0.39 is 0 Å². The van der Waals surface area contributed by atoms with Crippen LogP contribution in [0.2, 0.25) is 0 Å². The molecule has 0 bridgehead atoms. The molecule has 350 valence electrons. The first-order chi connectivity index (χ1) is 37.2. The SMILES string of the molecule is c1ccc(-c2ccc(N(c3ccc4c5ccccc5c5ccccc5c5ccccc5c5c(ccc6sc7ccccc7c65)c4c3)c3cccc4c3N(c3ccccc3)c3ccccc3-c3ccccc3-4)cc2)cc1. The maximum absolute atomic E-state index is 2.51. The number of nitrogens with zero attached hydrogens (tertiary/aromatic N) is 2. The van der Waals surface area contributed by atoms with Gasteiger partial charge in [-0.3, -0.25) is 0 Å². The van der Waals surface area contributed by atoms with E-state index >= 15 is 0 Å². The Morgan fingerprint density at radius 3 is 1.45 bits per heavy atom. The largest absolute Gasteiger partial charge is 0.308 e. The van der Waals surface area contributed by atoms with Crippen LogP contribution in [0.1, 0.15) is 0 Å². The monoisotopic (exact) mass is 970 g/mol. The predicted molar refractivity (Wildman–Crippen MR) is 324 cm³/mol. The van der Waals surface area contributed by atoms with E-state index in [4.69, 9.17) is 0 Å². The average molecular weight is 971 g/mol. The van der Waals surface area contributed by atoms with Gasteiger partial charge >= 0.3 is 0 Å². The lowest BCUT2D eigenvalue weighted by atomic mass is 9.92. The molecule has 2 heterocycles. The molecule has 0 amide bonds. The summed E-state index contributed by atoms with van der Waals surface area (Å²) in [7, 11) is 0. The van der Waals surface area contributed by atoms with E-state index in [1.165, 1.54) is 102 Å². The van der Waals surface area contributed by atoms with Gasteiger partial charge in [0.15, 0.2) is 0 Å². The van der Waals surface area contributed by atoms with Crippen LogP contribution in [0.3, 0.4) is 0 Å². The molecule has 2 nitrogen and oxygen atoms in total. The summed E-state index contributed by atoms with van der Waals surface area (Å²) in [5, 5.41) is 14.7. The lowest BCUT2D eigenvalue weighted by Gasteiger charge is -2.34. The lowest BCUT2D eigenvalue weighted by Crippen LogP contribution is -2.17. The summed E-state index contributed by atoms with van der Waals surface area (Å²) in [6.07, 6.45) is 0. The molecule has 15 rings (SSSR count). The predicted octanol–water partition coefficient (Wildman–Crippen LogP) is 21.2. The van der Waals surface area contributed by atoms with E-state index in [1.54, 1.807) is 0 Å². The normalized spacial score (nSPS) is 12.0. The third-order valence-electron chi connectivity index (χ3n) is 15.4. The summed E-state index contributed by atoms with van der Waals surface area (Å²) >= 11 is 1.88. The van der Waals surface area contributed by atoms with Gasteiger partial charge in [0.1, 0.15) is 0 Å². The van der Waals surface area contributed by atoms with Gasteiger partial charge in [0.25, 0.3) is 0 Å². The van der Waals surface area contributed by atoms with Crippen LogP contribution in [0, 0.1) is 0 Å². The van der Waals surface area contributed by atoms with Gasteiger partial charge in [0, 0.05) is 48.4 Å². The fourth-order valence-electron chi connectivity index (χ4n) is 12.1. The van der Waals surface area contributed by atoms with E-state index in [1.807, 2.05) is 11.3 Å². The van der Waals surface area contributed by atoms with Crippen LogP contribution in [0.15, 0.2) is 279 Å². The number of thiophene rings is 1. The number of hydrogen-bond donors (Lipinski definition) is 0. The molecular weight excluding hydrogens is 925 g/mol. The summed E-state index contributed by atoms with van der Waals surface area (Å²) in [6, 6.07) is 103. The quantitative estimate of drug-likeness (QED) is 0.170. The van der Waals surface area contributed by atoms with Crippen molar-refractivity contribution in [3.63, 3.8) is 0 Å². The average Bonchev–Trinajstić information content (AvgIpc) is 3.83. The highest BCUT2D eigenvalue weighted by atomic mass is 32.1.